The van der Waals surface area contributed by atoms with Crippen molar-refractivity contribution in [2.45, 2.75) is 187 Å². The minimum atomic E-state index is -3.39. The number of hydrogen-bond donors (Lipinski definition) is 0. The molecule has 2 atom stereocenters. The Kier molecular flexibility index (Phi) is 33.5. The third-order valence-corrected chi connectivity index (χ3v) is 10.2. The van der Waals surface area contributed by atoms with Gasteiger partial charge in [0, 0.05) is 32.8 Å². The second kappa shape index (κ2) is 35.8. The molecule has 0 unspecified atom stereocenters. The van der Waals surface area contributed by atoms with Crippen LogP contribution in [0.15, 0.2) is 48.6 Å². The lowest BCUT2D eigenvalue weighted by Crippen LogP contribution is -2.30. The van der Waals surface area contributed by atoms with Gasteiger partial charge in [0.1, 0.15) is 0 Å². The molecule has 1 aliphatic heterocycles. The average molecular weight is 736 g/mol. The highest BCUT2D eigenvalue weighted by atomic mass is 32.2. The Labute approximate surface area is 317 Å². The van der Waals surface area contributed by atoms with E-state index in [0.717, 1.165) is 64.8 Å². The predicted molar refractivity (Wildman–Crippen MR) is 220 cm³/mol. The number of hydrogen-bond acceptors (Lipinski definition) is 6. The molecule has 0 radical (unpaired) electrons. The van der Waals surface area contributed by atoms with Gasteiger partial charge in [0.05, 0.1) is 25.1 Å². The summed E-state index contributed by atoms with van der Waals surface area (Å²) >= 11 is 0. The third kappa shape index (κ3) is 33.1. The smallest absolute Gasteiger partial charge is 0.264 e. The summed E-state index contributed by atoms with van der Waals surface area (Å²) in [5.41, 5.74) is 0. The molecule has 298 valence electrons. The minimum absolute atomic E-state index is 0.0865. The summed E-state index contributed by atoms with van der Waals surface area (Å²) in [6.07, 6.45) is 50.5. The van der Waals surface area contributed by atoms with Crippen LogP contribution in [-0.4, -0.2) is 71.2 Å². The maximum atomic E-state index is 11.3. The number of nitrogens with zero attached hydrogens (tertiary/aromatic N) is 1. The van der Waals surface area contributed by atoms with Crippen LogP contribution >= 0.6 is 0 Å². The van der Waals surface area contributed by atoms with Crippen molar-refractivity contribution in [1.29, 1.82) is 0 Å². The molecule has 0 aromatic carbocycles. The molecule has 7 heteroatoms. The highest BCUT2D eigenvalue weighted by Gasteiger charge is 2.33. The summed E-state index contributed by atoms with van der Waals surface area (Å²) in [5, 5.41) is 0. The van der Waals surface area contributed by atoms with E-state index in [1.54, 1.807) is 0 Å². The monoisotopic (exact) mass is 736 g/mol. The summed E-state index contributed by atoms with van der Waals surface area (Å²) in [4.78, 5) is 2.34. The van der Waals surface area contributed by atoms with E-state index in [2.05, 4.69) is 67.4 Å². The van der Waals surface area contributed by atoms with Gasteiger partial charge < -0.3 is 9.47 Å². The van der Waals surface area contributed by atoms with Gasteiger partial charge in [0.25, 0.3) is 10.1 Å². The zero-order chi connectivity index (χ0) is 36.9. The van der Waals surface area contributed by atoms with Crippen LogP contribution in [0.3, 0.4) is 0 Å². The molecule has 0 bridgehead atoms. The summed E-state index contributed by atoms with van der Waals surface area (Å²) in [6, 6.07) is 0. The Morgan fingerprint density at radius 3 is 1.25 bits per heavy atom. The van der Waals surface area contributed by atoms with Crippen molar-refractivity contribution in [1.82, 2.24) is 4.90 Å². The Balaban J connectivity index is 2.17. The summed E-state index contributed by atoms with van der Waals surface area (Å²) < 4.78 is 40.4. The first-order valence-electron chi connectivity index (χ1n) is 21.4. The van der Waals surface area contributed by atoms with Crippen molar-refractivity contribution in [2.75, 3.05) is 45.7 Å². The van der Waals surface area contributed by atoms with E-state index < -0.39 is 10.1 Å². The number of unbranched alkanes of at least 4 members (excludes halogenated alkanes) is 18. The standard InChI is InChI=1S/C44H81NO5S/c1-4-6-8-10-12-14-16-18-20-22-24-26-28-30-32-34-38-48-43-41-45(37-36-40-50-51(3,46)47)42-44(43)49-39-35-33-31-29-27-25-23-21-19-17-15-13-11-9-7-5-2/h12-15,18-21,43-44H,4-11,16-17,22-42H2,1-3H3/t43-,44-/m1/s1. The molecule has 0 saturated carbocycles. The number of rotatable bonds is 37. The molecule has 0 aromatic rings. The Hall–Kier alpha value is -1.25. The van der Waals surface area contributed by atoms with Crippen molar-refractivity contribution in [3.63, 3.8) is 0 Å². The van der Waals surface area contributed by atoms with Crippen molar-refractivity contribution < 1.29 is 22.1 Å². The summed E-state index contributed by atoms with van der Waals surface area (Å²) in [7, 11) is -3.39. The van der Waals surface area contributed by atoms with Gasteiger partial charge in [-0.3, -0.25) is 9.08 Å². The zero-order valence-corrected chi connectivity index (χ0v) is 34.4. The average Bonchev–Trinajstić information content (AvgIpc) is 3.50. The minimum Gasteiger partial charge on any atom is -0.374 e. The van der Waals surface area contributed by atoms with Crippen LogP contribution in [0.25, 0.3) is 0 Å². The maximum Gasteiger partial charge on any atom is 0.264 e. The normalized spacial score (nSPS) is 17.5. The van der Waals surface area contributed by atoms with Gasteiger partial charge in [0.15, 0.2) is 0 Å². The molecule has 51 heavy (non-hydrogen) atoms. The van der Waals surface area contributed by atoms with E-state index in [1.165, 1.54) is 128 Å². The largest absolute Gasteiger partial charge is 0.374 e. The zero-order valence-electron chi connectivity index (χ0n) is 33.6. The predicted octanol–water partition coefficient (Wildman–Crippen LogP) is 12.1. The molecule has 0 amide bonds. The topological polar surface area (TPSA) is 65.1 Å². The molecular weight excluding hydrogens is 655 g/mol. The lowest BCUT2D eigenvalue weighted by molar-refractivity contribution is -0.0481. The molecule has 0 N–H and O–H groups in total. The second-order valence-corrected chi connectivity index (χ2v) is 16.3. The lowest BCUT2D eigenvalue weighted by Gasteiger charge is -2.20. The van der Waals surface area contributed by atoms with E-state index in [0.29, 0.717) is 6.42 Å². The highest BCUT2D eigenvalue weighted by molar-refractivity contribution is 7.85. The lowest BCUT2D eigenvalue weighted by atomic mass is 10.1. The van der Waals surface area contributed by atoms with E-state index >= 15 is 0 Å². The first-order valence-corrected chi connectivity index (χ1v) is 23.2. The summed E-state index contributed by atoms with van der Waals surface area (Å²) in [5.74, 6) is 0. The number of ether oxygens (including phenoxy) is 2. The van der Waals surface area contributed by atoms with Crippen molar-refractivity contribution in [3.05, 3.63) is 48.6 Å². The van der Waals surface area contributed by atoms with Crippen LogP contribution in [0.4, 0.5) is 0 Å². The highest BCUT2D eigenvalue weighted by Crippen LogP contribution is 2.19. The van der Waals surface area contributed by atoms with E-state index in [-0.39, 0.29) is 18.8 Å². The Morgan fingerprint density at radius 2 is 0.863 bits per heavy atom. The van der Waals surface area contributed by atoms with Gasteiger partial charge in [0.2, 0.25) is 0 Å². The SMILES string of the molecule is CCCCCC=CCC=CCCCCCCCCO[C@@H]1CN(CCCOS(C)(=O)=O)C[C@H]1OCCCCCCCCC=CCC=CCCCCC. The van der Waals surface area contributed by atoms with Crippen LogP contribution in [0, 0.1) is 0 Å². The van der Waals surface area contributed by atoms with Gasteiger partial charge in [-0.25, -0.2) is 0 Å². The van der Waals surface area contributed by atoms with Gasteiger partial charge in [-0.05, 0) is 83.5 Å². The fraction of sp³-hybridized carbons (Fsp3) is 0.818. The molecule has 1 aliphatic rings. The van der Waals surface area contributed by atoms with E-state index in [1.807, 2.05) is 0 Å². The van der Waals surface area contributed by atoms with Gasteiger partial charge in [-0.2, -0.15) is 8.42 Å². The van der Waals surface area contributed by atoms with Crippen LogP contribution in [-0.2, 0) is 23.8 Å². The fourth-order valence-corrected chi connectivity index (χ4v) is 6.89. The first kappa shape index (κ1) is 47.8. The second-order valence-electron chi connectivity index (χ2n) is 14.6. The Morgan fingerprint density at radius 1 is 0.490 bits per heavy atom. The molecule has 0 spiro atoms. The van der Waals surface area contributed by atoms with Gasteiger partial charge in [-0.1, -0.05) is 140 Å². The molecule has 0 aromatic heterocycles. The van der Waals surface area contributed by atoms with Crippen molar-refractivity contribution >= 4 is 10.1 Å². The molecule has 1 saturated heterocycles. The van der Waals surface area contributed by atoms with Gasteiger partial charge >= 0.3 is 0 Å². The fourth-order valence-electron chi connectivity index (χ4n) is 6.47. The van der Waals surface area contributed by atoms with Crippen LogP contribution in [0.2, 0.25) is 0 Å². The molecule has 1 fully saturated rings. The van der Waals surface area contributed by atoms with Crippen LogP contribution < -0.4 is 0 Å². The number of allylic oxidation sites excluding steroid dienone is 8. The Bertz CT molecular complexity index is 918. The van der Waals surface area contributed by atoms with Crippen LogP contribution in [0.1, 0.15) is 174 Å². The first-order chi connectivity index (χ1) is 25.0. The van der Waals surface area contributed by atoms with Crippen molar-refractivity contribution in [3.8, 4) is 0 Å². The van der Waals surface area contributed by atoms with Gasteiger partial charge in [-0.15, -0.1) is 0 Å². The molecule has 0 aliphatic carbocycles. The van der Waals surface area contributed by atoms with Crippen molar-refractivity contribution in [2.24, 2.45) is 0 Å². The third-order valence-electron chi connectivity index (χ3n) is 9.56. The molecule has 6 nitrogen and oxygen atoms in total. The van der Waals surface area contributed by atoms with E-state index in [4.69, 9.17) is 13.7 Å². The number of likely N-dealkylation sites (tertiary alicyclic amines) is 1. The quantitative estimate of drug-likeness (QED) is 0.0359. The van der Waals surface area contributed by atoms with E-state index in [9.17, 15) is 8.42 Å². The molecular formula is C44H81NO5S. The molecule has 1 heterocycles. The van der Waals surface area contributed by atoms with Crippen LogP contribution in [0.5, 0.6) is 0 Å². The maximum absolute atomic E-state index is 11.3. The molecule has 1 rings (SSSR count). The summed E-state index contributed by atoms with van der Waals surface area (Å²) in [6.45, 7) is 8.79.